The normalized spacial score (nSPS) is 10.9. The SMILES string of the molecule is O=c1cc(Cc2ccccc2)[nH]n1-c1nc(-c2ccc(O)cc2)cs1. The van der Waals surface area contributed by atoms with Crippen molar-refractivity contribution in [2.45, 2.75) is 6.42 Å². The van der Waals surface area contributed by atoms with Crippen LogP contribution in [-0.4, -0.2) is 19.9 Å². The maximum absolute atomic E-state index is 12.3. The number of nitrogens with one attached hydrogen (secondary N) is 1. The summed E-state index contributed by atoms with van der Waals surface area (Å²) in [7, 11) is 0. The summed E-state index contributed by atoms with van der Waals surface area (Å²) >= 11 is 1.39. The molecule has 4 rings (SSSR count). The lowest BCUT2D eigenvalue weighted by atomic mass is 10.1. The Hall–Kier alpha value is -3.12. The summed E-state index contributed by atoms with van der Waals surface area (Å²) < 4.78 is 1.47. The van der Waals surface area contributed by atoms with Gasteiger partial charge in [0, 0.05) is 29.1 Å². The molecule has 6 heteroatoms. The molecule has 0 saturated carbocycles. The molecule has 5 nitrogen and oxygen atoms in total. The monoisotopic (exact) mass is 349 g/mol. The summed E-state index contributed by atoms with van der Waals surface area (Å²) in [5.74, 6) is 0.213. The molecule has 0 aliphatic carbocycles. The Morgan fingerprint density at radius 1 is 1.08 bits per heavy atom. The van der Waals surface area contributed by atoms with Crippen LogP contribution in [0.1, 0.15) is 11.3 Å². The summed E-state index contributed by atoms with van der Waals surface area (Å²) in [6.45, 7) is 0. The maximum atomic E-state index is 12.3. The second-order valence-corrected chi connectivity index (χ2v) is 6.52. The van der Waals surface area contributed by atoms with Crippen LogP contribution in [0.4, 0.5) is 0 Å². The van der Waals surface area contributed by atoms with E-state index in [1.165, 1.54) is 16.0 Å². The highest BCUT2D eigenvalue weighted by atomic mass is 32.1. The molecule has 0 amide bonds. The Balaban J connectivity index is 1.62. The zero-order valence-corrected chi connectivity index (χ0v) is 14.0. The highest BCUT2D eigenvalue weighted by Gasteiger charge is 2.11. The lowest BCUT2D eigenvalue weighted by molar-refractivity contribution is 0.475. The van der Waals surface area contributed by atoms with Crippen LogP contribution in [0.15, 0.2) is 70.8 Å². The van der Waals surface area contributed by atoms with Gasteiger partial charge in [-0.2, -0.15) is 4.68 Å². The molecule has 124 valence electrons. The van der Waals surface area contributed by atoms with Crippen molar-refractivity contribution < 1.29 is 5.11 Å². The van der Waals surface area contributed by atoms with Crippen molar-refractivity contribution in [3.63, 3.8) is 0 Å². The number of aromatic amines is 1. The first kappa shape index (κ1) is 15.4. The molecule has 0 fully saturated rings. The van der Waals surface area contributed by atoms with Gasteiger partial charge in [-0.15, -0.1) is 11.3 Å². The van der Waals surface area contributed by atoms with Gasteiger partial charge in [0.1, 0.15) is 5.75 Å². The van der Waals surface area contributed by atoms with Crippen LogP contribution >= 0.6 is 11.3 Å². The second kappa shape index (κ2) is 6.41. The van der Waals surface area contributed by atoms with Crippen molar-refractivity contribution in [2.75, 3.05) is 0 Å². The predicted octanol–water partition coefficient (Wildman–Crippen LogP) is 3.59. The van der Waals surface area contributed by atoms with E-state index in [0.717, 1.165) is 22.5 Å². The minimum Gasteiger partial charge on any atom is -0.508 e. The first-order valence-electron chi connectivity index (χ1n) is 7.79. The quantitative estimate of drug-likeness (QED) is 0.591. The molecule has 0 saturated heterocycles. The number of H-pyrrole nitrogens is 1. The highest BCUT2D eigenvalue weighted by Crippen LogP contribution is 2.25. The third kappa shape index (κ3) is 3.25. The van der Waals surface area contributed by atoms with Gasteiger partial charge in [-0.25, -0.2) is 4.98 Å². The lowest BCUT2D eigenvalue weighted by Crippen LogP contribution is -2.13. The summed E-state index contributed by atoms with van der Waals surface area (Å²) in [5, 5.41) is 15.0. The fourth-order valence-corrected chi connectivity index (χ4v) is 3.42. The molecule has 0 bridgehead atoms. The van der Waals surface area contributed by atoms with Crippen LogP contribution in [0.2, 0.25) is 0 Å². The molecule has 0 aliphatic heterocycles. The Bertz CT molecular complexity index is 1050. The van der Waals surface area contributed by atoms with E-state index in [4.69, 9.17) is 0 Å². The predicted molar refractivity (Wildman–Crippen MR) is 98.4 cm³/mol. The van der Waals surface area contributed by atoms with Crippen molar-refractivity contribution in [3.05, 3.63) is 87.7 Å². The number of hydrogen-bond donors (Lipinski definition) is 2. The van der Waals surface area contributed by atoms with Crippen molar-refractivity contribution in [1.82, 2.24) is 14.8 Å². The van der Waals surface area contributed by atoms with E-state index in [2.05, 4.69) is 10.1 Å². The fraction of sp³-hybridized carbons (Fsp3) is 0.0526. The van der Waals surface area contributed by atoms with Crippen molar-refractivity contribution in [1.29, 1.82) is 0 Å². The van der Waals surface area contributed by atoms with E-state index < -0.39 is 0 Å². The van der Waals surface area contributed by atoms with Crippen molar-refractivity contribution in [3.8, 4) is 22.1 Å². The summed E-state index contributed by atoms with van der Waals surface area (Å²) in [6.07, 6.45) is 0.666. The van der Waals surface area contributed by atoms with Crippen molar-refractivity contribution >= 4 is 11.3 Å². The van der Waals surface area contributed by atoms with Gasteiger partial charge in [0.15, 0.2) is 0 Å². The minimum atomic E-state index is -0.127. The van der Waals surface area contributed by atoms with Gasteiger partial charge in [-0.1, -0.05) is 30.3 Å². The molecule has 0 radical (unpaired) electrons. The standard InChI is InChI=1S/C19H15N3O2S/c23-16-8-6-14(7-9-16)17-12-25-19(20-17)22-18(24)11-15(21-22)10-13-4-2-1-3-5-13/h1-9,11-12,21,23H,10H2. The van der Waals surface area contributed by atoms with Gasteiger partial charge >= 0.3 is 0 Å². The minimum absolute atomic E-state index is 0.127. The summed E-state index contributed by atoms with van der Waals surface area (Å²) in [5.41, 5.74) is 3.52. The molecule has 25 heavy (non-hydrogen) atoms. The smallest absolute Gasteiger partial charge is 0.273 e. The van der Waals surface area contributed by atoms with Gasteiger partial charge in [0.05, 0.1) is 5.69 Å². The zero-order chi connectivity index (χ0) is 17.2. The first-order chi connectivity index (χ1) is 12.2. The third-order valence-corrected chi connectivity index (χ3v) is 4.68. The summed E-state index contributed by atoms with van der Waals surface area (Å²) in [4.78, 5) is 16.8. The molecule has 4 aromatic rings. The molecular weight excluding hydrogens is 334 g/mol. The van der Waals surface area contributed by atoms with Gasteiger partial charge < -0.3 is 5.11 Å². The number of hydrogen-bond acceptors (Lipinski definition) is 4. The number of phenolic OH excluding ortho intramolecular Hbond substituents is 1. The van der Waals surface area contributed by atoms with E-state index in [0.29, 0.717) is 11.6 Å². The van der Waals surface area contributed by atoms with Crippen LogP contribution in [0.5, 0.6) is 5.75 Å². The van der Waals surface area contributed by atoms with Gasteiger partial charge in [-0.3, -0.25) is 9.89 Å². The Labute approximate surface area is 147 Å². The molecule has 0 unspecified atom stereocenters. The molecule has 2 heterocycles. The van der Waals surface area contributed by atoms with E-state index in [1.54, 1.807) is 30.3 Å². The molecule has 0 spiro atoms. The third-order valence-electron chi connectivity index (χ3n) is 3.86. The molecule has 2 N–H and O–H groups in total. The topological polar surface area (TPSA) is 70.9 Å². The van der Waals surface area contributed by atoms with Crippen molar-refractivity contribution in [2.24, 2.45) is 0 Å². The van der Waals surface area contributed by atoms with E-state index in [1.807, 2.05) is 35.7 Å². The maximum Gasteiger partial charge on any atom is 0.273 e. The van der Waals surface area contributed by atoms with E-state index in [9.17, 15) is 9.90 Å². The first-order valence-corrected chi connectivity index (χ1v) is 8.67. The van der Waals surface area contributed by atoms with Crippen LogP contribution in [0, 0.1) is 0 Å². The molecular formula is C19H15N3O2S. The second-order valence-electron chi connectivity index (χ2n) is 5.68. The van der Waals surface area contributed by atoms with E-state index in [-0.39, 0.29) is 11.3 Å². The number of aromatic hydroxyl groups is 1. The molecule has 2 aromatic carbocycles. The van der Waals surface area contributed by atoms with Gasteiger partial charge in [0.25, 0.3) is 5.56 Å². The number of thiazole rings is 1. The molecule has 2 aromatic heterocycles. The number of benzene rings is 2. The number of nitrogens with zero attached hydrogens (tertiary/aromatic N) is 2. The number of phenols is 1. The number of aromatic nitrogens is 3. The fourth-order valence-electron chi connectivity index (χ4n) is 2.62. The largest absolute Gasteiger partial charge is 0.508 e. The van der Waals surface area contributed by atoms with Gasteiger partial charge in [0.2, 0.25) is 5.13 Å². The summed E-state index contributed by atoms with van der Waals surface area (Å²) in [6, 6.07) is 18.4. The Morgan fingerprint density at radius 2 is 1.84 bits per heavy atom. The van der Waals surface area contributed by atoms with E-state index >= 15 is 0 Å². The Morgan fingerprint density at radius 3 is 2.60 bits per heavy atom. The number of rotatable bonds is 4. The Kier molecular flexibility index (Phi) is 3.95. The van der Waals surface area contributed by atoms with Crippen LogP contribution in [-0.2, 0) is 6.42 Å². The van der Waals surface area contributed by atoms with Crippen LogP contribution in [0.25, 0.3) is 16.4 Å². The van der Waals surface area contributed by atoms with Crippen LogP contribution in [0.3, 0.4) is 0 Å². The lowest BCUT2D eigenvalue weighted by Gasteiger charge is -1.99. The average Bonchev–Trinajstić information content (AvgIpc) is 3.23. The zero-order valence-electron chi connectivity index (χ0n) is 13.2. The molecule has 0 atom stereocenters. The van der Waals surface area contributed by atoms with Gasteiger partial charge in [-0.05, 0) is 29.8 Å². The average molecular weight is 349 g/mol. The molecule has 0 aliphatic rings. The van der Waals surface area contributed by atoms with Crippen LogP contribution < -0.4 is 5.56 Å². The highest BCUT2D eigenvalue weighted by molar-refractivity contribution is 7.12.